The normalized spacial score (nSPS) is 22.3. The number of rotatable bonds is 7. The molecule has 2 aliphatic rings. The Morgan fingerprint density at radius 3 is 2.54 bits per heavy atom. The second kappa shape index (κ2) is 10.1. The van der Waals surface area contributed by atoms with Crippen LogP contribution in [0.25, 0.3) is 5.65 Å². The lowest BCUT2D eigenvalue weighted by molar-refractivity contribution is 0.0350. The third-order valence-electron chi connectivity index (χ3n) is 8.28. The van der Waals surface area contributed by atoms with Crippen molar-refractivity contribution < 1.29 is 18.7 Å². The van der Waals surface area contributed by atoms with E-state index in [1.54, 1.807) is 17.1 Å². The average Bonchev–Trinajstić information content (AvgIpc) is 3.48. The summed E-state index contributed by atoms with van der Waals surface area (Å²) in [6, 6.07) is 1.92. The number of aromatic nitrogens is 5. The van der Waals surface area contributed by atoms with Gasteiger partial charge < -0.3 is 10.0 Å². The fourth-order valence-corrected chi connectivity index (χ4v) is 5.70. The largest absolute Gasteiger partial charge is 0.390 e. The van der Waals surface area contributed by atoms with E-state index in [4.69, 9.17) is 0 Å². The summed E-state index contributed by atoms with van der Waals surface area (Å²) in [6.45, 7) is 7.61. The van der Waals surface area contributed by atoms with Crippen molar-refractivity contribution in [1.82, 2.24) is 24.4 Å². The topological polar surface area (TPSA) is 88.5 Å². The van der Waals surface area contributed by atoms with Crippen LogP contribution < -0.4 is 4.90 Å². The van der Waals surface area contributed by atoms with Crippen LogP contribution in [0.2, 0.25) is 0 Å². The molecule has 8 nitrogen and oxygen atoms in total. The number of hydrogen-bond donors (Lipinski definition) is 1. The van der Waals surface area contributed by atoms with Crippen molar-refractivity contribution in [3.63, 3.8) is 0 Å². The first-order chi connectivity index (χ1) is 17.6. The molecule has 37 heavy (non-hydrogen) atoms. The van der Waals surface area contributed by atoms with Crippen LogP contribution in [0.5, 0.6) is 0 Å². The highest BCUT2D eigenvalue weighted by atomic mass is 19.3. The summed E-state index contributed by atoms with van der Waals surface area (Å²) in [5.74, 6) is 1.67. The number of carbonyl (C=O) groups is 1. The number of Topliss-reactive ketones (excluding diaryl/α,β-unsaturated/α-hetero) is 1. The van der Waals surface area contributed by atoms with Crippen molar-refractivity contribution in [2.45, 2.75) is 83.8 Å². The van der Waals surface area contributed by atoms with E-state index in [-0.39, 0.29) is 29.5 Å². The number of piperidine rings is 1. The average molecular weight is 515 g/mol. The number of halogens is 2. The molecule has 1 saturated heterocycles. The van der Waals surface area contributed by atoms with Gasteiger partial charge >= 0.3 is 0 Å². The van der Waals surface area contributed by atoms with E-state index in [1.807, 2.05) is 13.0 Å². The van der Waals surface area contributed by atoms with Crippen molar-refractivity contribution in [3.8, 4) is 0 Å². The second-order valence-corrected chi connectivity index (χ2v) is 11.3. The summed E-state index contributed by atoms with van der Waals surface area (Å²) in [5.41, 5.74) is -0.0301. The van der Waals surface area contributed by atoms with E-state index in [0.29, 0.717) is 54.8 Å². The molecular weight excluding hydrogens is 478 g/mol. The molecule has 1 aliphatic heterocycles. The third kappa shape index (κ3) is 5.39. The quantitative estimate of drug-likeness (QED) is 0.445. The zero-order valence-corrected chi connectivity index (χ0v) is 21.8. The fourth-order valence-electron chi connectivity index (χ4n) is 5.70. The van der Waals surface area contributed by atoms with E-state index < -0.39 is 12.0 Å². The summed E-state index contributed by atoms with van der Waals surface area (Å²) in [4.78, 5) is 20.1. The van der Waals surface area contributed by atoms with Crippen molar-refractivity contribution in [3.05, 3.63) is 41.5 Å². The zero-order valence-electron chi connectivity index (χ0n) is 21.8. The summed E-state index contributed by atoms with van der Waals surface area (Å²) in [5, 5.41) is 18.7. The van der Waals surface area contributed by atoms with Crippen LogP contribution in [0.4, 0.5) is 14.6 Å². The number of hydrogen-bond acceptors (Lipinski definition) is 6. The SMILES string of the molecule is CC(C)C1CCC(n2cc(CC(=O)c3cnn4ccc(N5CCC(C)(O)CC5)nc34)c(C(F)F)n2)CC1. The molecule has 5 rings (SSSR count). The predicted octanol–water partition coefficient (Wildman–Crippen LogP) is 5.03. The minimum atomic E-state index is -2.75. The van der Waals surface area contributed by atoms with Gasteiger partial charge in [0.25, 0.3) is 6.43 Å². The maximum absolute atomic E-state index is 13.9. The van der Waals surface area contributed by atoms with E-state index >= 15 is 0 Å². The van der Waals surface area contributed by atoms with Gasteiger partial charge in [-0.3, -0.25) is 9.48 Å². The van der Waals surface area contributed by atoms with Gasteiger partial charge in [0.15, 0.2) is 11.4 Å². The molecule has 0 unspecified atom stereocenters. The van der Waals surface area contributed by atoms with E-state index in [9.17, 15) is 18.7 Å². The number of carbonyl (C=O) groups excluding carboxylic acids is 1. The van der Waals surface area contributed by atoms with Gasteiger partial charge in [-0.15, -0.1) is 0 Å². The molecule has 200 valence electrons. The Labute approximate surface area is 215 Å². The molecule has 2 fully saturated rings. The molecule has 4 heterocycles. The highest BCUT2D eigenvalue weighted by molar-refractivity contribution is 6.02. The van der Waals surface area contributed by atoms with Crippen LogP contribution in [-0.2, 0) is 6.42 Å². The number of nitrogens with zero attached hydrogens (tertiary/aromatic N) is 6. The Morgan fingerprint density at radius 1 is 1.19 bits per heavy atom. The Hall–Kier alpha value is -2.88. The van der Waals surface area contributed by atoms with E-state index in [1.165, 1.54) is 10.7 Å². The molecular formula is C27H36F2N6O2. The Morgan fingerprint density at radius 2 is 1.89 bits per heavy atom. The molecule has 0 amide bonds. The Bertz CT molecular complexity index is 1250. The van der Waals surface area contributed by atoms with Gasteiger partial charge in [-0.1, -0.05) is 13.8 Å². The lowest BCUT2D eigenvalue weighted by Gasteiger charge is -2.36. The van der Waals surface area contributed by atoms with E-state index in [0.717, 1.165) is 25.7 Å². The molecule has 10 heteroatoms. The lowest BCUT2D eigenvalue weighted by Crippen LogP contribution is -2.42. The minimum absolute atomic E-state index is 0.0860. The highest BCUT2D eigenvalue weighted by Crippen LogP contribution is 2.36. The van der Waals surface area contributed by atoms with Gasteiger partial charge in [-0.25, -0.2) is 18.3 Å². The summed E-state index contributed by atoms with van der Waals surface area (Å²) in [7, 11) is 0. The summed E-state index contributed by atoms with van der Waals surface area (Å²) < 4.78 is 31.0. The van der Waals surface area contributed by atoms with Gasteiger partial charge in [-0.05, 0) is 63.4 Å². The Kier molecular flexibility index (Phi) is 7.04. The van der Waals surface area contributed by atoms with Crippen LogP contribution in [0.3, 0.4) is 0 Å². The molecule has 1 aliphatic carbocycles. The van der Waals surface area contributed by atoms with Gasteiger partial charge in [0.1, 0.15) is 11.5 Å². The summed E-state index contributed by atoms with van der Waals surface area (Å²) >= 11 is 0. The van der Waals surface area contributed by atoms with Crippen LogP contribution >= 0.6 is 0 Å². The highest BCUT2D eigenvalue weighted by Gasteiger charge is 2.30. The maximum Gasteiger partial charge on any atom is 0.282 e. The van der Waals surface area contributed by atoms with Crippen LogP contribution in [0.15, 0.2) is 24.7 Å². The van der Waals surface area contributed by atoms with Gasteiger partial charge in [-0.2, -0.15) is 10.2 Å². The van der Waals surface area contributed by atoms with Crippen molar-refractivity contribution >= 4 is 17.2 Å². The first-order valence-electron chi connectivity index (χ1n) is 13.3. The van der Waals surface area contributed by atoms with Gasteiger partial charge in [0.05, 0.1) is 23.4 Å². The van der Waals surface area contributed by atoms with Crippen molar-refractivity contribution in [2.24, 2.45) is 11.8 Å². The number of anilines is 1. The number of ketones is 1. The van der Waals surface area contributed by atoms with Crippen LogP contribution in [-0.4, -0.2) is 54.0 Å². The first-order valence-corrected chi connectivity index (χ1v) is 13.3. The van der Waals surface area contributed by atoms with E-state index in [2.05, 4.69) is 33.9 Å². The standard InChI is InChI=1S/C27H36F2N6O2/c1-17(2)18-4-6-20(7-5-18)35-16-19(24(32-35)25(28)29)14-22(36)21-15-30-34-11-8-23(31-26(21)34)33-12-9-27(3,37)10-13-33/h8,11,15-18,20,25,37H,4-7,9-10,12-14H2,1-3H3. The molecule has 1 saturated carbocycles. The Balaban J connectivity index is 1.35. The van der Waals surface area contributed by atoms with Crippen molar-refractivity contribution in [1.29, 1.82) is 0 Å². The smallest absolute Gasteiger partial charge is 0.282 e. The molecule has 0 spiro atoms. The predicted molar refractivity (Wildman–Crippen MR) is 136 cm³/mol. The van der Waals surface area contributed by atoms with Crippen LogP contribution in [0, 0.1) is 11.8 Å². The molecule has 0 atom stereocenters. The third-order valence-corrected chi connectivity index (χ3v) is 8.28. The molecule has 3 aromatic heterocycles. The molecule has 0 aromatic carbocycles. The summed E-state index contributed by atoms with van der Waals surface area (Å²) in [6.07, 6.45) is 7.12. The number of aliphatic hydroxyl groups is 1. The van der Waals surface area contributed by atoms with Gasteiger partial charge in [0, 0.05) is 37.5 Å². The molecule has 0 radical (unpaired) electrons. The first kappa shape index (κ1) is 25.8. The monoisotopic (exact) mass is 514 g/mol. The zero-order chi connectivity index (χ0) is 26.3. The van der Waals surface area contributed by atoms with Crippen molar-refractivity contribution in [2.75, 3.05) is 18.0 Å². The lowest BCUT2D eigenvalue weighted by atomic mass is 9.80. The maximum atomic E-state index is 13.9. The molecule has 3 aromatic rings. The number of alkyl halides is 2. The van der Waals surface area contributed by atoms with Crippen LogP contribution in [0.1, 0.15) is 93.4 Å². The fraction of sp³-hybridized carbons (Fsp3) is 0.630. The van der Waals surface area contributed by atoms with Gasteiger partial charge in [0.2, 0.25) is 0 Å². The number of fused-ring (bicyclic) bond motifs is 1. The molecule has 1 N–H and O–H groups in total. The second-order valence-electron chi connectivity index (χ2n) is 11.3. The minimum Gasteiger partial charge on any atom is -0.390 e. The molecule has 0 bridgehead atoms.